The summed E-state index contributed by atoms with van der Waals surface area (Å²) in [5.74, 6) is 0.228. The van der Waals surface area contributed by atoms with Crippen molar-refractivity contribution in [2.45, 2.75) is 18.2 Å². The number of aryl methyl sites for hydroxylation is 1. The lowest BCUT2D eigenvalue weighted by atomic mass is 10.1. The largest absolute Gasteiger partial charge is 0.506 e. The molecule has 1 unspecified atom stereocenters. The van der Waals surface area contributed by atoms with E-state index in [4.69, 9.17) is 0 Å². The van der Waals surface area contributed by atoms with E-state index in [9.17, 15) is 9.90 Å². The molecular weight excluding hydrogens is 258 g/mol. The Kier molecular flexibility index (Phi) is 2.69. The summed E-state index contributed by atoms with van der Waals surface area (Å²) < 4.78 is 0. The highest BCUT2D eigenvalue weighted by molar-refractivity contribution is 9.09. The number of phenols is 1. The van der Waals surface area contributed by atoms with Gasteiger partial charge in [-0.15, -0.1) is 0 Å². The van der Waals surface area contributed by atoms with Crippen molar-refractivity contribution in [1.29, 1.82) is 0 Å². The first kappa shape index (κ1) is 10.5. The van der Waals surface area contributed by atoms with Gasteiger partial charge in [-0.3, -0.25) is 4.79 Å². The molecule has 1 aliphatic rings. The van der Waals surface area contributed by atoms with Crippen LogP contribution in [-0.4, -0.2) is 22.4 Å². The average molecular weight is 270 g/mol. The Labute approximate surface area is 96.8 Å². The predicted molar refractivity (Wildman–Crippen MR) is 62.5 cm³/mol. The number of benzene rings is 1. The molecule has 80 valence electrons. The highest BCUT2D eigenvalue weighted by Crippen LogP contribution is 2.34. The third-order valence-electron chi connectivity index (χ3n) is 2.56. The monoisotopic (exact) mass is 269 g/mol. The van der Waals surface area contributed by atoms with Crippen molar-refractivity contribution in [3.8, 4) is 5.75 Å². The third kappa shape index (κ3) is 1.86. The number of aromatic hydroxyl groups is 1. The Morgan fingerprint density at radius 1 is 1.53 bits per heavy atom. The zero-order chi connectivity index (χ0) is 11.0. The van der Waals surface area contributed by atoms with Crippen LogP contribution in [0, 0.1) is 6.92 Å². The fourth-order valence-corrected chi connectivity index (χ4v) is 2.44. The van der Waals surface area contributed by atoms with Crippen molar-refractivity contribution in [3.05, 3.63) is 23.8 Å². The van der Waals surface area contributed by atoms with E-state index in [-0.39, 0.29) is 16.5 Å². The minimum atomic E-state index is 0.0569. The van der Waals surface area contributed by atoms with Crippen molar-refractivity contribution < 1.29 is 9.90 Å². The molecule has 1 aromatic rings. The number of carbonyl (C=O) groups excluding carboxylic acids is 1. The van der Waals surface area contributed by atoms with E-state index in [1.165, 1.54) is 0 Å². The van der Waals surface area contributed by atoms with Crippen molar-refractivity contribution in [1.82, 2.24) is 0 Å². The van der Waals surface area contributed by atoms with Gasteiger partial charge >= 0.3 is 0 Å². The molecule has 3 nitrogen and oxygen atoms in total. The highest BCUT2D eigenvalue weighted by atomic mass is 79.9. The van der Waals surface area contributed by atoms with Crippen molar-refractivity contribution in [3.63, 3.8) is 0 Å². The van der Waals surface area contributed by atoms with Gasteiger partial charge in [0.05, 0.1) is 5.69 Å². The summed E-state index contributed by atoms with van der Waals surface area (Å²) in [4.78, 5) is 13.5. The van der Waals surface area contributed by atoms with Crippen molar-refractivity contribution >= 4 is 27.5 Å². The molecule has 1 N–H and O–H groups in total. The molecule has 1 aromatic carbocycles. The molecule has 0 saturated carbocycles. The standard InChI is InChI=1S/C11H12BrNO2/c1-7-3-2-4-9(14)11(7)13-6-8(12)5-10(13)15/h2-4,8,14H,5-6H2,1H3. The van der Waals surface area contributed by atoms with Crippen LogP contribution in [0.25, 0.3) is 0 Å². The zero-order valence-corrected chi connectivity index (χ0v) is 9.99. The Morgan fingerprint density at radius 2 is 2.27 bits per heavy atom. The second-order valence-electron chi connectivity index (χ2n) is 3.75. The van der Waals surface area contributed by atoms with Gasteiger partial charge in [0.1, 0.15) is 5.75 Å². The summed E-state index contributed by atoms with van der Waals surface area (Å²) in [5, 5.41) is 9.75. The Bertz CT molecular complexity index is 385. The molecule has 0 aliphatic carbocycles. The molecule has 0 radical (unpaired) electrons. The van der Waals surface area contributed by atoms with Crippen molar-refractivity contribution in [2.24, 2.45) is 0 Å². The smallest absolute Gasteiger partial charge is 0.228 e. The average Bonchev–Trinajstić information content (AvgIpc) is 2.45. The first-order valence-corrected chi connectivity index (χ1v) is 5.74. The minimum absolute atomic E-state index is 0.0569. The Hall–Kier alpha value is -1.03. The van der Waals surface area contributed by atoms with E-state index in [1.807, 2.05) is 13.0 Å². The molecule has 1 heterocycles. The number of amides is 1. The van der Waals surface area contributed by atoms with Gasteiger partial charge in [0.25, 0.3) is 0 Å². The second kappa shape index (κ2) is 3.85. The van der Waals surface area contributed by atoms with Gasteiger partial charge in [0, 0.05) is 17.8 Å². The molecule has 1 saturated heterocycles. The molecule has 1 atom stereocenters. The lowest BCUT2D eigenvalue weighted by Crippen LogP contribution is -2.25. The van der Waals surface area contributed by atoms with Crippen LogP contribution in [0.1, 0.15) is 12.0 Å². The lowest BCUT2D eigenvalue weighted by molar-refractivity contribution is -0.117. The van der Waals surface area contributed by atoms with E-state index in [2.05, 4.69) is 15.9 Å². The van der Waals surface area contributed by atoms with Crippen LogP contribution in [0.15, 0.2) is 18.2 Å². The van der Waals surface area contributed by atoms with Crippen molar-refractivity contribution in [2.75, 3.05) is 11.4 Å². The molecule has 0 spiro atoms. The van der Waals surface area contributed by atoms with Gasteiger partial charge in [-0.25, -0.2) is 0 Å². The molecule has 1 fully saturated rings. The normalized spacial score (nSPS) is 21.1. The van der Waals surface area contributed by atoms with Gasteiger partial charge in [0.15, 0.2) is 0 Å². The van der Waals surface area contributed by atoms with E-state index in [1.54, 1.807) is 17.0 Å². The quantitative estimate of drug-likeness (QED) is 0.795. The molecular formula is C11H12BrNO2. The number of anilines is 1. The van der Waals surface area contributed by atoms with Crippen LogP contribution in [0.2, 0.25) is 0 Å². The topological polar surface area (TPSA) is 40.5 Å². The first-order chi connectivity index (χ1) is 7.09. The molecule has 4 heteroatoms. The lowest BCUT2D eigenvalue weighted by Gasteiger charge is -2.19. The number of nitrogens with zero attached hydrogens (tertiary/aromatic N) is 1. The van der Waals surface area contributed by atoms with Crippen LogP contribution >= 0.6 is 15.9 Å². The number of phenolic OH excluding ortho intramolecular Hbond substituents is 1. The zero-order valence-electron chi connectivity index (χ0n) is 8.40. The van der Waals surface area contributed by atoms with E-state index in [0.29, 0.717) is 18.7 Å². The maximum absolute atomic E-state index is 11.7. The molecule has 15 heavy (non-hydrogen) atoms. The Morgan fingerprint density at radius 3 is 2.80 bits per heavy atom. The number of hydrogen-bond donors (Lipinski definition) is 1. The molecule has 1 aliphatic heterocycles. The fraction of sp³-hybridized carbons (Fsp3) is 0.364. The number of para-hydroxylation sites is 1. The summed E-state index contributed by atoms with van der Waals surface area (Å²) in [6, 6.07) is 5.28. The summed E-state index contributed by atoms with van der Waals surface area (Å²) in [6.45, 7) is 2.52. The highest BCUT2D eigenvalue weighted by Gasteiger charge is 2.30. The number of carbonyl (C=O) groups is 1. The predicted octanol–water partition coefficient (Wildman–Crippen LogP) is 2.20. The summed E-state index contributed by atoms with van der Waals surface area (Å²) >= 11 is 3.42. The maximum atomic E-state index is 11.7. The molecule has 0 bridgehead atoms. The van der Waals surface area contributed by atoms with Gasteiger partial charge < -0.3 is 10.0 Å². The number of alkyl halides is 1. The summed E-state index contributed by atoms with van der Waals surface area (Å²) in [6.07, 6.45) is 0.494. The van der Waals surface area contributed by atoms with Gasteiger partial charge in [0.2, 0.25) is 5.91 Å². The van der Waals surface area contributed by atoms with Crippen LogP contribution in [0.3, 0.4) is 0 Å². The van der Waals surface area contributed by atoms with E-state index < -0.39 is 0 Å². The molecule has 2 rings (SSSR count). The number of rotatable bonds is 1. The van der Waals surface area contributed by atoms with Gasteiger partial charge in [-0.2, -0.15) is 0 Å². The fourth-order valence-electron chi connectivity index (χ4n) is 1.87. The summed E-state index contributed by atoms with van der Waals surface area (Å²) in [5.41, 5.74) is 1.56. The van der Waals surface area contributed by atoms with Gasteiger partial charge in [-0.05, 0) is 18.6 Å². The number of halogens is 1. The molecule has 1 amide bonds. The maximum Gasteiger partial charge on any atom is 0.228 e. The van der Waals surface area contributed by atoms with Crippen LogP contribution in [0.5, 0.6) is 5.75 Å². The van der Waals surface area contributed by atoms with E-state index in [0.717, 1.165) is 5.56 Å². The first-order valence-electron chi connectivity index (χ1n) is 4.82. The second-order valence-corrected chi connectivity index (χ2v) is 5.04. The van der Waals surface area contributed by atoms with Crippen LogP contribution in [0.4, 0.5) is 5.69 Å². The summed E-state index contributed by atoms with van der Waals surface area (Å²) in [7, 11) is 0. The van der Waals surface area contributed by atoms with E-state index >= 15 is 0 Å². The van der Waals surface area contributed by atoms with Crippen LogP contribution in [-0.2, 0) is 4.79 Å². The number of hydrogen-bond acceptors (Lipinski definition) is 2. The minimum Gasteiger partial charge on any atom is -0.506 e. The SMILES string of the molecule is Cc1cccc(O)c1N1CC(Br)CC1=O. The molecule has 0 aromatic heterocycles. The third-order valence-corrected chi connectivity index (χ3v) is 3.18. The Balaban J connectivity index is 2.41. The van der Waals surface area contributed by atoms with Gasteiger partial charge in [-0.1, -0.05) is 28.1 Å². The van der Waals surface area contributed by atoms with Crippen LogP contribution < -0.4 is 4.90 Å².